The normalized spacial score (nSPS) is 14.8. The molecule has 0 fully saturated rings. The highest BCUT2D eigenvalue weighted by molar-refractivity contribution is 6.08. The Hall–Kier alpha value is -1.06. The van der Waals surface area contributed by atoms with E-state index in [1.165, 1.54) is 0 Å². The maximum atomic E-state index is 8.60. The second-order valence-corrected chi connectivity index (χ2v) is 3.23. The second-order valence-electron chi connectivity index (χ2n) is 3.23. The number of oxime groups is 1. The monoisotopic (exact) mass is 171 g/mol. The molecular weight excluding hydrogens is 154 g/mol. The molecule has 0 rings (SSSR count). The average molecular weight is 171 g/mol. The van der Waals surface area contributed by atoms with Crippen LogP contribution in [0.15, 0.2) is 10.3 Å². The molecule has 0 bridgehead atoms. The molecule has 0 amide bonds. The predicted molar refractivity (Wildman–Crippen MR) is 50.8 cm³/mol. The third kappa shape index (κ3) is 2.22. The SMILES string of the molecule is CN/N=C(\C)C(C)(C)/C(C)=N/O. The molecule has 0 saturated heterocycles. The Kier molecular flexibility index (Phi) is 3.73. The molecule has 0 aliphatic carbocycles. The van der Waals surface area contributed by atoms with Gasteiger partial charge in [0.25, 0.3) is 0 Å². The van der Waals surface area contributed by atoms with Gasteiger partial charge < -0.3 is 10.6 Å². The van der Waals surface area contributed by atoms with Crippen LogP contribution in [0.5, 0.6) is 0 Å². The maximum absolute atomic E-state index is 8.60. The van der Waals surface area contributed by atoms with Gasteiger partial charge in [0.2, 0.25) is 0 Å². The van der Waals surface area contributed by atoms with E-state index in [1.54, 1.807) is 14.0 Å². The summed E-state index contributed by atoms with van der Waals surface area (Å²) in [6.07, 6.45) is 0. The summed E-state index contributed by atoms with van der Waals surface area (Å²) in [4.78, 5) is 0. The molecule has 4 nitrogen and oxygen atoms in total. The maximum Gasteiger partial charge on any atom is 0.0652 e. The Morgan fingerprint density at radius 2 is 1.75 bits per heavy atom. The molecule has 0 heterocycles. The van der Waals surface area contributed by atoms with E-state index in [2.05, 4.69) is 15.7 Å². The molecule has 2 N–H and O–H groups in total. The van der Waals surface area contributed by atoms with Gasteiger partial charge in [0.15, 0.2) is 0 Å². The molecule has 0 saturated carbocycles. The van der Waals surface area contributed by atoms with Crippen molar-refractivity contribution in [3.8, 4) is 0 Å². The topological polar surface area (TPSA) is 57.0 Å². The molecule has 0 aromatic rings. The Morgan fingerprint density at radius 1 is 1.25 bits per heavy atom. The summed E-state index contributed by atoms with van der Waals surface area (Å²) < 4.78 is 0. The summed E-state index contributed by atoms with van der Waals surface area (Å²) in [5.74, 6) is 0. The van der Waals surface area contributed by atoms with Crippen molar-refractivity contribution in [3.63, 3.8) is 0 Å². The lowest BCUT2D eigenvalue weighted by molar-refractivity contribution is 0.313. The fraction of sp³-hybridized carbons (Fsp3) is 0.750. The minimum Gasteiger partial charge on any atom is -0.411 e. The van der Waals surface area contributed by atoms with Gasteiger partial charge in [-0.1, -0.05) is 5.16 Å². The fourth-order valence-corrected chi connectivity index (χ4v) is 0.694. The molecule has 12 heavy (non-hydrogen) atoms. The number of nitrogens with zero attached hydrogens (tertiary/aromatic N) is 2. The van der Waals surface area contributed by atoms with E-state index in [-0.39, 0.29) is 5.41 Å². The molecule has 70 valence electrons. The van der Waals surface area contributed by atoms with Crippen molar-refractivity contribution in [2.75, 3.05) is 7.05 Å². The van der Waals surface area contributed by atoms with E-state index in [0.717, 1.165) is 5.71 Å². The van der Waals surface area contributed by atoms with Crippen molar-refractivity contribution < 1.29 is 5.21 Å². The lowest BCUT2D eigenvalue weighted by atomic mass is 9.84. The molecule has 4 heteroatoms. The van der Waals surface area contributed by atoms with Crippen LogP contribution in [0.3, 0.4) is 0 Å². The number of hydrazone groups is 1. The standard InChI is InChI=1S/C8H17N3O/c1-6(10-9-5)8(3,4)7(2)11-12/h9,12H,1-5H3/b10-6+,11-7+. The van der Waals surface area contributed by atoms with Gasteiger partial charge in [0.1, 0.15) is 0 Å². The van der Waals surface area contributed by atoms with Crippen molar-refractivity contribution in [1.29, 1.82) is 0 Å². The highest BCUT2D eigenvalue weighted by Gasteiger charge is 2.25. The highest BCUT2D eigenvalue weighted by Crippen LogP contribution is 2.19. The van der Waals surface area contributed by atoms with Crippen LogP contribution < -0.4 is 5.43 Å². The van der Waals surface area contributed by atoms with E-state index in [0.29, 0.717) is 5.71 Å². The van der Waals surface area contributed by atoms with Gasteiger partial charge in [0, 0.05) is 18.2 Å². The number of hydrogen-bond acceptors (Lipinski definition) is 4. The number of hydrogen-bond donors (Lipinski definition) is 2. The van der Waals surface area contributed by atoms with E-state index < -0.39 is 0 Å². The largest absolute Gasteiger partial charge is 0.411 e. The van der Waals surface area contributed by atoms with Crippen LogP contribution in [0.2, 0.25) is 0 Å². The lowest BCUT2D eigenvalue weighted by Crippen LogP contribution is -2.31. The second kappa shape index (κ2) is 4.09. The van der Waals surface area contributed by atoms with Crippen molar-refractivity contribution in [1.82, 2.24) is 5.43 Å². The average Bonchev–Trinajstić information content (AvgIpc) is 2.03. The Labute approximate surface area is 73.4 Å². The van der Waals surface area contributed by atoms with E-state index in [1.807, 2.05) is 20.8 Å². The molecule has 0 aromatic heterocycles. The number of nitrogens with one attached hydrogen (secondary N) is 1. The van der Waals surface area contributed by atoms with Crippen LogP contribution in [-0.4, -0.2) is 23.7 Å². The Bertz CT molecular complexity index is 206. The van der Waals surface area contributed by atoms with E-state index in [4.69, 9.17) is 5.21 Å². The Morgan fingerprint density at radius 3 is 2.08 bits per heavy atom. The Balaban J connectivity index is 4.72. The van der Waals surface area contributed by atoms with Gasteiger partial charge >= 0.3 is 0 Å². The first kappa shape index (κ1) is 10.9. The molecule has 0 aromatic carbocycles. The zero-order chi connectivity index (χ0) is 9.78. The zero-order valence-corrected chi connectivity index (χ0v) is 8.34. The van der Waals surface area contributed by atoms with Gasteiger partial charge in [-0.15, -0.1) is 0 Å². The van der Waals surface area contributed by atoms with Crippen molar-refractivity contribution in [2.45, 2.75) is 27.7 Å². The van der Waals surface area contributed by atoms with Gasteiger partial charge in [-0.05, 0) is 27.7 Å². The minimum atomic E-state index is -0.294. The summed E-state index contributed by atoms with van der Waals surface area (Å²) in [5, 5.41) is 15.8. The summed E-state index contributed by atoms with van der Waals surface area (Å²) in [6, 6.07) is 0. The molecule has 0 aliphatic rings. The number of rotatable bonds is 3. The molecule has 0 spiro atoms. The quantitative estimate of drug-likeness (QED) is 0.383. The van der Waals surface area contributed by atoms with E-state index in [9.17, 15) is 0 Å². The van der Waals surface area contributed by atoms with Crippen LogP contribution in [0.4, 0.5) is 0 Å². The molecule has 0 unspecified atom stereocenters. The van der Waals surface area contributed by atoms with Crippen LogP contribution >= 0.6 is 0 Å². The summed E-state index contributed by atoms with van der Waals surface area (Å²) in [5.41, 5.74) is 3.95. The van der Waals surface area contributed by atoms with Crippen molar-refractivity contribution in [2.24, 2.45) is 15.7 Å². The highest BCUT2D eigenvalue weighted by atomic mass is 16.4. The van der Waals surface area contributed by atoms with Crippen molar-refractivity contribution >= 4 is 11.4 Å². The summed E-state index contributed by atoms with van der Waals surface area (Å²) >= 11 is 0. The van der Waals surface area contributed by atoms with Gasteiger partial charge in [-0.3, -0.25) is 0 Å². The first-order valence-electron chi connectivity index (χ1n) is 3.87. The first-order chi connectivity index (χ1) is 5.46. The predicted octanol–water partition coefficient (Wildman–Crippen LogP) is 1.46. The van der Waals surface area contributed by atoms with Gasteiger partial charge in [-0.25, -0.2) is 0 Å². The smallest absolute Gasteiger partial charge is 0.0652 e. The van der Waals surface area contributed by atoms with Crippen LogP contribution in [0.25, 0.3) is 0 Å². The van der Waals surface area contributed by atoms with Gasteiger partial charge in [0.05, 0.1) is 5.71 Å². The summed E-state index contributed by atoms with van der Waals surface area (Å²) in [7, 11) is 1.74. The first-order valence-corrected chi connectivity index (χ1v) is 3.87. The van der Waals surface area contributed by atoms with Gasteiger partial charge in [-0.2, -0.15) is 5.10 Å². The third-order valence-corrected chi connectivity index (χ3v) is 2.24. The molecule has 0 aliphatic heterocycles. The van der Waals surface area contributed by atoms with Crippen LogP contribution in [0, 0.1) is 5.41 Å². The molecule has 0 atom stereocenters. The van der Waals surface area contributed by atoms with Crippen LogP contribution in [0.1, 0.15) is 27.7 Å². The van der Waals surface area contributed by atoms with E-state index >= 15 is 0 Å². The third-order valence-electron chi connectivity index (χ3n) is 2.24. The lowest BCUT2D eigenvalue weighted by Gasteiger charge is -2.22. The molecule has 0 radical (unpaired) electrons. The summed E-state index contributed by atoms with van der Waals surface area (Å²) in [6.45, 7) is 7.58. The van der Waals surface area contributed by atoms with Crippen LogP contribution in [-0.2, 0) is 0 Å². The van der Waals surface area contributed by atoms with Crippen molar-refractivity contribution in [3.05, 3.63) is 0 Å². The zero-order valence-electron chi connectivity index (χ0n) is 8.34. The fourth-order valence-electron chi connectivity index (χ4n) is 0.694. The molecular formula is C8H17N3O. The minimum absolute atomic E-state index is 0.294.